The van der Waals surface area contributed by atoms with Gasteiger partial charge in [-0.2, -0.15) is 5.10 Å². The van der Waals surface area contributed by atoms with E-state index in [0.717, 1.165) is 35.2 Å². The highest BCUT2D eigenvalue weighted by Gasteiger charge is 2.32. The Morgan fingerprint density at radius 2 is 2.15 bits per heavy atom. The van der Waals surface area contributed by atoms with Crippen LogP contribution < -0.4 is 5.32 Å². The minimum atomic E-state index is -0.212. The average Bonchev–Trinajstić information content (AvgIpc) is 3.06. The molecule has 0 unspecified atom stereocenters. The molecule has 2 aromatic heterocycles. The normalized spacial score (nSPS) is 18.3. The summed E-state index contributed by atoms with van der Waals surface area (Å²) in [5, 5.41) is 11.0. The van der Waals surface area contributed by atoms with Crippen molar-refractivity contribution in [2.24, 2.45) is 10.5 Å². The summed E-state index contributed by atoms with van der Waals surface area (Å²) in [4.78, 5) is 25.5. The predicted octanol–water partition coefficient (Wildman–Crippen LogP) is 3.23. The Kier molecular flexibility index (Phi) is 4.14. The minimum Gasteiger partial charge on any atom is -0.352 e. The molecule has 0 bridgehead atoms. The lowest BCUT2D eigenvalue weighted by Crippen LogP contribution is -2.45. The first-order valence-electron chi connectivity index (χ1n) is 9.09. The highest BCUT2D eigenvalue weighted by atomic mass is 32.1. The number of thiophene rings is 1. The molecule has 0 spiro atoms. The van der Waals surface area contributed by atoms with Gasteiger partial charge in [0.2, 0.25) is 5.91 Å². The fourth-order valence-corrected chi connectivity index (χ4v) is 4.11. The number of aromatic nitrogens is 1. The van der Waals surface area contributed by atoms with Crippen molar-refractivity contribution in [1.29, 1.82) is 0 Å². The predicted molar refractivity (Wildman–Crippen MR) is 104 cm³/mol. The van der Waals surface area contributed by atoms with Crippen LogP contribution in [0.4, 0.5) is 0 Å². The van der Waals surface area contributed by atoms with Crippen LogP contribution in [0.2, 0.25) is 0 Å². The molecular weight excluding hydrogens is 348 g/mol. The molecule has 1 aliphatic carbocycles. The summed E-state index contributed by atoms with van der Waals surface area (Å²) >= 11 is 1.62. The fraction of sp³-hybridized carbons (Fsp3) is 0.526. The van der Waals surface area contributed by atoms with Gasteiger partial charge < -0.3 is 9.88 Å². The topological polar surface area (TPSA) is 66.7 Å². The molecule has 6 nitrogen and oxygen atoms in total. The van der Waals surface area contributed by atoms with Gasteiger partial charge in [0, 0.05) is 11.5 Å². The van der Waals surface area contributed by atoms with Crippen LogP contribution in [0, 0.1) is 5.41 Å². The molecular formula is C19H24N4O2S. The van der Waals surface area contributed by atoms with E-state index in [1.165, 1.54) is 5.01 Å². The van der Waals surface area contributed by atoms with Crippen molar-refractivity contribution in [3.63, 3.8) is 0 Å². The van der Waals surface area contributed by atoms with Crippen LogP contribution >= 0.6 is 11.3 Å². The molecule has 1 saturated carbocycles. The van der Waals surface area contributed by atoms with E-state index in [4.69, 9.17) is 0 Å². The maximum absolute atomic E-state index is 13.1. The molecule has 2 amide bonds. The number of hydrogen-bond donors (Lipinski definition) is 1. The van der Waals surface area contributed by atoms with Crippen LogP contribution in [-0.2, 0) is 11.3 Å². The van der Waals surface area contributed by atoms with Crippen molar-refractivity contribution in [2.45, 2.75) is 52.6 Å². The minimum absolute atomic E-state index is 0.0340. The van der Waals surface area contributed by atoms with Gasteiger partial charge in [-0.25, -0.2) is 5.01 Å². The third kappa shape index (κ3) is 3.05. The largest absolute Gasteiger partial charge is 0.352 e. The number of amides is 2. The third-order valence-electron chi connectivity index (χ3n) is 5.16. The molecule has 138 valence electrons. The van der Waals surface area contributed by atoms with E-state index in [9.17, 15) is 9.59 Å². The number of fused-ring (bicyclic) bond motifs is 3. The molecule has 0 atom stereocenters. The second kappa shape index (κ2) is 6.23. The van der Waals surface area contributed by atoms with E-state index in [2.05, 4.69) is 31.2 Å². The average molecular weight is 372 g/mol. The SMILES string of the molecule is CC(C)(C)C1=NN(CC(=O)NC2CCC2)C(=O)c2cc3sccc3n2C1. The summed E-state index contributed by atoms with van der Waals surface area (Å²) in [7, 11) is 0. The van der Waals surface area contributed by atoms with E-state index in [0.29, 0.717) is 12.2 Å². The molecule has 1 N–H and O–H groups in total. The van der Waals surface area contributed by atoms with Gasteiger partial charge in [0.15, 0.2) is 0 Å². The zero-order chi connectivity index (χ0) is 18.5. The lowest BCUT2D eigenvalue weighted by atomic mass is 9.90. The molecule has 2 aliphatic rings. The second-order valence-corrected chi connectivity index (χ2v) is 9.09. The Morgan fingerprint density at radius 3 is 2.81 bits per heavy atom. The van der Waals surface area contributed by atoms with Crippen molar-refractivity contribution in [2.75, 3.05) is 6.54 Å². The standard InChI is InChI=1S/C19H24N4O2S/c1-19(2,3)16-10-22-13-7-8-26-15(13)9-14(22)18(25)23(21-16)11-17(24)20-12-5-4-6-12/h7-9,12H,4-6,10-11H2,1-3H3,(H,20,24). The van der Waals surface area contributed by atoms with E-state index in [-0.39, 0.29) is 29.8 Å². The van der Waals surface area contributed by atoms with Crippen molar-refractivity contribution in [1.82, 2.24) is 14.9 Å². The summed E-state index contributed by atoms with van der Waals surface area (Å²) in [6, 6.07) is 4.21. The van der Waals surface area contributed by atoms with E-state index in [1.54, 1.807) is 11.3 Å². The maximum Gasteiger partial charge on any atom is 0.291 e. The van der Waals surface area contributed by atoms with Crippen molar-refractivity contribution in [3.05, 3.63) is 23.2 Å². The Labute approximate surface area is 156 Å². The van der Waals surface area contributed by atoms with Crippen molar-refractivity contribution >= 4 is 39.1 Å². The number of hydrazone groups is 1. The van der Waals surface area contributed by atoms with E-state index < -0.39 is 0 Å². The first kappa shape index (κ1) is 17.3. The van der Waals surface area contributed by atoms with Crippen molar-refractivity contribution in [3.8, 4) is 0 Å². The maximum atomic E-state index is 13.1. The van der Waals surface area contributed by atoms with E-state index in [1.807, 2.05) is 22.1 Å². The number of nitrogens with zero attached hydrogens (tertiary/aromatic N) is 3. The Bertz CT molecular complexity index is 898. The molecule has 0 radical (unpaired) electrons. The summed E-state index contributed by atoms with van der Waals surface area (Å²) < 4.78 is 3.12. The molecule has 0 saturated heterocycles. The first-order chi connectivity index (χ1) is 12.3. The van der Waals surface area contributed by atoms with Gasteiger partial charge in [0.05, 0.1) is 22.5 Å². The second-order valence-electron chi connectivity index (χ2n) is 8.14. The van der Waals surface area contributed by atoms with Crippen LogP contribution in [0.5, 0.6) is 0 Å². The number of carbonyl (C=O) groups excluding carboxylic acids is 2. The van der Waals surface area contributed by atoms with Gasteiger partial charge in [-0.15, -0.1) is 11.3 Å². The molecule has 2 aromatic rings. The van der Waals surface area contributed by atoms with Crippen LogP contribution in [0.3, 0.4) is 0 Å². The smallest absolute Gasteiger partial charge is 0.291 e. The number of rotatable bonds is 3. The highest BCUT2D eigenvalue weighted by Crippen LogP contribution is 2.30. The summed E-state index contributed by atoms with van der Waals surface area (Å²) in [6.07, 6.45) is 3.20. The highest BCUT2D eigenvalue weighted by molar-refractivity contribution is 7.17. The van der Waals surface area contributed by atoms with Crippen LogP contribution in [0.25, 0.3) is 10.2 Å². The zero-order valence-electron chi connectivity index (χ0n) is 15.4. The molecule has 7 heteroatoms. The Hall–Kier alpha value is -2.15. The quantitative estimate of drug-likeness (QED) is 0.899. The molecule has 3 heterocycles. The Morgan fingerprint density at radius 1 is 1.38 bits per heavy atom. The fourth-order valence-electron chi connectivity index (χ4n) is 3.29. The summed E-state index contributed by atoms with van der Waals surface area (Å²) in [6.45, 7) is 6.78. The van der Waals surface area contributed by atoms with Crippen molar-refractivity contribution < 1.29 is 9.59 Å². The number of nitrogens with one attached hydrogen (secondary N) is 1. The molecule has 1 aliphatic heterocycles. The molecule has 26 heavy (non-hydrogen) atoms. The van der Waals surface area contributed by atoms with Crippen LogP contribution in [0.15, 0.2) is 22.6 Å². The Balaban J connectivity index is 1.68. The van der Waals surface area contributed by atoms with Gasteiger partial charge in [0.25, 0.3) is 5.91 Å². The molecule has 4 rings (SSSR count). The van der Waals surface area contributed by atoms with Gasteiger partial charge in [-0.05, 0) is 36.8 Å². The van der Waals surface area contributed by atoms with Gasteiger partial charge in [-0.1, -0.05) is 20.8 Å². The summed E-state index contributed by atoms with van der Waals surface area (Å²) in [5.41, 5.74) is 2.35. The number of carbonyl (C=O) groups is 2. The third-order valence-corrected chi connectivity index (χ3v) is 6.01. The number of hydrogen-bond acceptors (Lipinski definition) is 4. The van der Waals surface area contributed by atoms with Crippen LogP contribution in [-0.4, -0.2) is 39.7 Å². The van der Waals surface area contributed by atoms with Gasteiger partial charge in [0.1, 0.15) is 12.2 Å². The first-order valence-corrected chi connectivity index (χ1v) is 9.97. The molecule has 1 fully saturated rings. The lowest BCUT2D eigenvalue weighted by Gasteiger charge is -2.27. The van der Waals surface area contributed by atoms with Crippen LogP contribution in [0.1, 0.15) is 50.5 Å². The zero-order valence-corrected chi connectivity index (χ0v) is 16.2. The monoisotopic (exact) mass is 372 g/mol. The molecule has 0 aromatic carbocycles. The lowest BCUT2D eigenvalue weighted by molar-refractivity contribution is -0.123. The van der Waals surface area contributed by atoms with Gasteiger partial charge >= 0.3 is 0 Å². The summed E-state index contributed by atoms with van der Waals surface area (Å²) in [5.74, 6) is -0.349. The van der Waals surface area contributed by atoms with E-state index >= 15 is 0 Å². The van der Waals surface area contributed by atoms with Gasteiger partial charge in [-0.3, -0.25) is 9.59 Å².